The minimum Gasteiger partial charge on any atom is -0.487 e. The first-order valence-electron chi connectivity index (χ1n) is 9.04. The van der Waals surface area contributed by atoms with Crippen LogP contribution in [0.2, 0.25) is 0 Å². The molecule has 0 spiro atoms. The fourth-order valence-corrected chi connectivity index (χ4v) is 4.34. The second-order valence-electron chi connectivity index (χ2n) is 7.53. The average Bonchev–Trinajstić information content (AvgIpc) is 2.63. The van der Waals surface area contributed by atoms with Crippen LogP contribution in [0.3, 0.4) is 0 Å². The zero-order chi connectivity index (χ0) is 18.7. The normalized spacial score (nSPS) is 26.4. The number of ether oxygens (including phenoxy) is 5. The van der Waals surface area contributed by atoms with E-state index in [9.17, 15) is 4.79 Å². The maximum absolute atomic E-state index is 11.4. The van der Waals surface area contributed by atoms with Crippen LogP contribution in [-0.4, -0.2) is 45.8 Å². The number of hydrogen-bond donors (Lipinski definition) is 0. The first-order valence-corrected chi connectivity index (χ1v) is 9.04. The Balaban J connectivity index is 2.00. The summed E-state index contributed by atoms with van der Waals surface area (Å²) in [5, 5.41) is 0. The molecule has 0 aromatic heterocycles. The van der Waals surface area contributed by atoms with Crippen molar-refractivity contribution < 1.29 is 28.5 Å². The maximum atomic E-state index is 11.4. The molecule has 0 radical (unpaired) electrons. The molecule has 1 aliphatic heterocycles. The van der Waals surface area contributed by atoms with E-state index in [0.717, 1.165) is 36.9 Å². The number of methoxy groups -OCH3 is 2. The van der Waals surface area contributed by atoms with Gasteiger partial charge in [-0.15, -0.1) is 0 Å². The summed E-state index contributed by atoms with van der Waals surface area (Å²) in [6.07, 6.45) is 3.81. The van der Waals surface area contributed by atoms with Crippen LogP contribution in [0.15, 0.2) is 12.1 Å². The minimum atomic E-state index is -0.316. The smallest absolute Gasteiger partial charge is 0.188 e. The number of carbonyl (C=O) groups excluding carboxylic acids is 1. The number of benzene rings is 1. The van der Waals surface area contributed by atoms with E-state index in [1.807, 2.05) is 0 Å². The summed E-state index contributed by atoms with van der Waals surface area (Å²) in [7, 11) is 3.21. The van der Waals surface area contributed by atoms with Crippen molar-refractivity contribution in [3.8, 4) is 11.5 Å². The molecule has 144 valence electrons. The van der Waals surface area contributed by atoms with Gasteiger partial charge in [-0.3, -0.25) is 4.79 Å². The van der Waals surface area contributed by atoms with E-state index < -0.39 is 0 Å². The minimum absolute atomic E-state index is 0.124. The lowest BCUT2D eigenvalue weighted by Crippen LogP contribution is -2.48. The van der Waals surface area contributed by atoms with Crippen LogP contribution in [-0.2, 0) is 14.2 Å². The fourth-order valence-electron chi connectivity index (χ4n) is 4.34. The van der Waals surface area contributed by atoms with E-state index in [-0.39, 0.29) is 24.4 Å². The first-order chi connectivity index (χ1) is 12.5. The SMILES string of the molecule is COCOc1cc(C=O)cc2c1[C@@H]1C[C@H](OCOC)CC[C@H]1C(C)(C)O2. The van der Waals surface area contributed by atoms with Crippen molar-refractivity contribution in [3.63, 3.8) is 0 Å². The van der Waals surface area contributed by atoms with Gasteiger partial charge in [0.1, 0.15) is 30.2 Å². The lowest BCUT2D eigenvalue weighted by Gasteiger charge is -2.49. The Hall–Kier alpha value is -1.63. The Morgan fingerprint density at radius 2 is 1.96 bits per heavy atom. The molecule has 1 aromatic rings. The second-order valence-corrected chi connectivity index (χ2v) is 7.53. The second kappa shape index (κ2) is 7.94. The molecule has 1 heterocycles. The molecule has 1 aliphatic carbocycles. The molecule has 0 bridgehead atoms. The Labute approximate surface area is 154 Å². The zero-order valence-electron chi connectivity index (χ0n) is 15.9. The molecule has 0 unspecified atom stereocenters. The summed E-state index contributed by atoms with van der Waals surface area (Å²) in [4.78, 5) is 11.4. The topological polar surface area (TPSA) is 63.2 Å². The molecule has 3 atom stereocenters. The Bertz CT molecular complexity index is 641. The summed E-state index contributed by atoms with van der Waals surface area (Å²) in [6.45, 7) is 4.66. The lowest BCUT2D eigenvalue weighted by molar-refractivity contribution is -0.105. The van der Waals surface area contributed by atoms with Gasteiger partial charge in [0, 0.05) is 37.2 Å². The van der Waals surface area contributed by atoms with Gasteiger partial charge in [0.2, 0.25) is 0 Å². The highest BCUT2D eigenvalue weighted by Gasteiger charge is 2.48. The molecule has 0 N–H and O–H groups in total. The number of carbonyl (C=O) groups is 1. The van der Waals surface area contributed by atoms with Crippen LogP contribution in [0.25, 0.3) is 0 Å². The average molecular weight is 364 g/mol. The van der Waals surface area contributed by atoms with E-state index in [1.54, 1.807) is 26.4 Å². The monoisotopic (exact) mass is 364 g/mol. The molecule has 0 saturated heterocycles. The number of hydrogen-bond acceptors (Lipinski definition) is 6. The quantitative estimate of drug-likeness (QED) is 0.545. The van der Waals surface area contributed by atoms with Crippen molar-refractivity contribution >= 4 is 6.29 Å². The molecule has 1 aromatic carbocycles. The molecule has 1 saturated carbocycles. The summed E-state index contributed by atoms with van der Waals surface area (Å²) < 4.78 is 28.1. The third-order valence-corrected chi connectivity index (χ3v) is 5.46. The summed E-state index contributed by atoms with van der Waals surface area (Å²) in [5.41, 5.74) is 1.24. The number of fused-ring (bicyclic) bond motifs is 3. The first kappa shape index (κ1) is 19.1. The highest BCUT2D eigenvalue weighted by atomic mass is 16.7. The largest absolute Gasteiger partial charge is 0.487 e. The van der Waals surface area contributed by atoms with Crippen LogP contribution in [0.4, 0.5) is 0 Å². The molecule has 3 rings (SSSR count). The van der Waals surface area contributed by atoms with Gasteiger partial charge in [-0.05, 0) is 45.2 Å². The van der Waals surface area contributed by atoms with E-state index in [1.165, 1.54) is 0 Å². The van der Waals surface area contributed by atoms with Gasteiger partial charge >= 0.3 is 0 Å². The van der Waals surface area contributed by atoms with Gasteiger partial charge in [-0.2, -0.15) is 0 Å². The van der Waals surface area contributed by atoms with E-state index in [0.29, 0.717) is 24.0 Å². The molecule has 0 amide bonds. The van der Waals surface area contributed by atoms with E-state index >= 15 is 0 Å². The number of aldehydes is 1. The van der Waals surface area contributed by atoms with Crippen LogP contribution in [0, 0.1) is 5.92 Å². The van der Waals surface area contributed by atoms with Crippen molar-refractivity contribution in [1.82, 2.24) is 0 Å². The van der Waals surface area contributed by atoms with Crippen LogP contribution >= 0.6 is 0 Å². The fraction of sp³-hybridized carbons (Fsp3) is 0.650. The van der Waals surface area contributed by atoms with Crippen LogP contribution < -0.4 is 9.47 Å². The molecule has 1 fully saturated rings. The summed E-state index contributed by atoms with van der Waals surface area (Å²) in [5.74, 6) is 1.96. The van der Waals surface area contributed by atoms with Gasteiger partial charge in [0.05, 0.1) is 6.10 Å². The van der Waals surface area contributed by atoms with Crippen LogP contribution in [0.1, 0.15) is 54.9 Å². The Morgan fingerprint density at radius 3 is 2.65 bits per heavy atom. The molecule has 2 aliphatic rings. The molecular formula is C20H28O6. The molecule has 6 heteroatoms. The van der Waals surface area contributed by atoms with Crippen molar-refractivity contribution in [1.29, 1.82) is 0 Å². The van der Waals surface area contributed by atoms with E-state index in [4.69, 9.17) is 23.7 Å². The van der Waals surface area contributed by atoms with Crippen molar-refractivity contribution in [2.24, 2.45) is 5.92 Å². The standard InChI is InChI=1S/C20H28O6/c1-20(2)16-6-5-14(24-11-22-3)9-15(16)19-17(25-12-23-4)7-13(10-21)8-18(19)26-20/h7-8,10,14-16H,5-6,9,11-12H2,1-4H3/t14-,15-,16-/m1/s1. The highest BCUT2D eigenvalue weighted by molar-refractivity contribution is 5.78. The predicted molar refractivity (Wildman–Crippen MR) is 95.9 cm³/mol. The van der Waals surface area contributed by atoms with Gasteiger partial charge in [-0.1, -0.05) is 0 Å². The van der Waals surface area contributed by atoms with Crippen molar-refractivity contribution in [2.75, 3.05) is 27.8 Å². The number of rotatable bonds is 7. The lowest BCUT2D eigenvalue weighted by atomic mass is 9.66. The van der Waals surface area contributed by atoms with Crippen LogP contribution in [0.5, 0.6) is 11.5 Å². The molecule has 6 nitrogen and oxygen atoms in total. The predicted octanol–water partition coefficient (Wildman–Crippen LogP) is 3.53. The van der Waals surface area contributed by atoms with Gasteiger partial charge in [0.25, 0.3) is 0 Å². The highest BCUT2D eigenvalue weighted by Crippen LogP contribution is 2.54. The Morgan fingerprint density at radius 1 is 1.19 bits per heavy atom. The zero-order valence-corrected chi connectivity index (χ0v) is 15.9. The van der Waals surface area contributed by atoms with Gasteiger partial charge in [-0.25, -0.2) is 0 Å². The Kier molecular flexibility index (Phi) is 5.85. The molecule has 26 heavy (non-hydrogen) atoms. The van der Waals surface area contributed by atoms with Gasteiger partial charge in [0.15, 0.2) is 6.79 Å². The maximum Gasteiger partial charge on any atom is 0.188 e. The van der Waals surface area contributed by atoms with Crippen molar-refractivity contribution in [2.45, 2.75) is 50.7 Å². The summed E-state index contributed by atoms with van der Waals surface area (Å²) >= 11 is 0. The third-order valence-electron chi connectivity index (χ3n) is 5.46. The van der Waals surface area contributed by atoms with Gasteiger partial charge < -0.3 is 23.7 Å². The molecular weight excluding hydrogens is 336 g/mol. The summed E-state index contributed by atoms with van der Waals surface area (Å²) in [6, 6.07) is 3.57. The third kappa shape index (κ3) is 3.72. The van der Waals surface area contributed by atoms with Crippen molar-refractivity contribution in [3.05, 3.63) is 23.3 Å². The van der Waals surface area contributed by atoms with E-state index in [2.05, 4.69) is 13.8 Å².